The fourth-order valence-corrected chi connectivity index (χ4v) is 1.72. The van der Waals surface area contributed by atoms with E-state index in [1.54, 1.807) is 4.90 Å². The van der Waals surface area contributed by atoms with E-state index in [9.17, 15) is 4.79 Å². The van der Waals surface area contributed by atoms with Gasteiger partial charge < -0.3 is 20.4 Å². The van der Waals surface area contributed by atoms with E-state index in [2.05, 4.69) is 11.5 Å². The second-order valence-corrected chi connectivity index (χ2v) is 3.98. The lowest BCUT2D eigenvalue weighted by molar-refractivity contribution is -0.139. The number of likely N-dealkylation sites (tertiary alicyclic amines) is 1. The van der Waals surface area contributed by atoms with Crippen LogP contribution in [0.4, 0.5) is 0 Å². The Morgan fingerprint density at radius 3 is 2.31 bits per heavy atom. The molecule has 2 saturated heterocycles. The summed E-state index contributed by atoms with van der Waals surface area (Å²) in [6.45, 7) is 2.37. The van der Waals surface area contributed by atoms with Gasteiger partial charge in [0.15, 0.2) is 6.19 Å². The molecule has 2 atom stereocenters. The molecule has 0 unspecified atom stereocenters. The average molecular weight is 227 g/mol. The quantitative estimate of drug-likeness (QED) is 0.515. The van der Waals surface area contributed by atoms with Crippen LogP contribution >= 0.6 is 0 Å². The number of aliphatic carboxylic acids is 1. The number of carboxylic acids is 1. The lowest BCUT2D eigenvalue weighted by atomic mass is 10.2. The summed E-state index contributed by atoms with van der Waals surface area (Å²) in [7, 11) is 0. The molecule has 0 bridgehead atoms. The first-order valence-corrected chi connectivity index (χ1v) is 5.42. The molecular weight excluding hydrogens is 210 g/mol. The minimum atomic E-state index is -0.883. The highest BCUT2D eigenvalue weighted by Crippen LogP contribution is 2.05. The van der Waals surface area contributed by atoms with Gasteiger partial charge in [0.25, 0.3) is 0 Å². The van der Waals surface area contributed by atoms with Crippen LogP contribution in [0.5, 0.6) is 0 Å². The van der Waals surface area contributed by atoms with Gasteiger partial charge >= 0.3 is 5.97 Å². The van der Waals surface area contributed by atoms with Crippen molar-refractivity contribution in [1.29, 1.82) is 5.26 Å². The molecule has 0 amide bonds. The van der Waals surface area contributed by atoms with Crippen LogP contribution in [0.25, 0.3) is 0 Å². The lowest BCUT2D eigenvalue weighted by Crippen LogP contribution is -2.29. The number of rotatable bonds is 1. The molecule has 0 saturated carbocycles. The minimum Gasteiger partial charge on any atom is -0.480 e. The summed E-state index contributed by atoms with van der Waals surface area (Å²) in [6, 6.07) is -0.542. The van der Waals surface area contributed by atoms with Crippen molar-refractivity contribution in [2.24, 2.45) is 0 Å². The van der Waals surface area contributed by atoms with Crippen LogP contribution in [0.1, 0.15) is 19.3 Å². The van der Waals surface area contributed by atoms with Crippen molar-refractivity contribution in [1.82, 2.24) is 10.2 Å². The zero-order chi connectivity index (χ0) is 12.0. The summed E-state index contributed by atoms with van der Waals surface area (Å²) < 4.78 is 0. The van der Waals surface area contributed by atoms with Crippen LogP contribution in [0, 0.1) is 11.5 Å². The first kappa shape index (κ1) is 12.7. The van der Waals surface area contributed by atoms with E-state index in [1.807, 2.05) is 0 Å². The molecule has 0 aromatic rings. The SMILES string of the molecule is N#CN1CCCC1.O=C(O)[C@@H]1C[C@@H](O)CN1. The maximum Gasteiger partial charge on any atom is 0.320 e. The largest absolute Gasteiger partial charge is 0.480 e. The van der Waals surface area contributed by atoms with Crippen molar-refractivity contribution in [3.8, 4) is 6.19 Å². The molecule has 0 aromatic heterocycles. The number of nitriles is 1. The Morgan fingerprint density at radius 2 is 2.06 bits per heavy atom. The van der Waals surface area contributed by atoms with Gasteiger partial charge in [0.1, 0.15) is 6.04 Å². The molecule has 16 heavy (non-hydrogen) atoms. The van der Waals surface area contributed by atoms with Gasteiger partial charge in [-0.1, -0.05) is 0 Å². The Hall–Kier alpha value is -1.32. The van der Waals surface area contributed by atoms with Crippen molar-refractivity contribution in [2.45, 2.75) is 31.4 Å². The van der Waals surface area contributed by atoms with Gasteiger partial charge in [-0.05, 0) is 12.8 Å². The molecule has 0 spiro atoms. The summed E-state index contributed by atoms with van der Waals surface area (Å²) in [4.78, 5) is 12.0. The monoisotopic (exact) mass is 227 g/mol. The number of hydrogen-bond acceptors (Lipinski definition) is 5. The van der Waals surface area contributed by atoms with Crippen LogP contribution < -0.4 is 5.32 Å². The van der Waals surface area contributed by atoms with Crippen molar-refractivity contribution in [3.63, 3.8) is 0 Å². The minimum absolute atomic E-state index is 0.329. The van der Waals surface area contributed by atoms with Crippen LogP contribution in [0.2, 0.25) is 0 Å². The molecule has 0 radical (unpaired) electrons. The summed E-state index contributed by atoms with van der Waals surface area (Å²) in [5, 5.41) is 28.1. The van der Waals surface area contributed by atoms with Crippen molar-refractivity contribution < 1.29 is 15.0 Å². The summed E-state index contributed by atoms with van der Waals surface area (Å²) >= 11 is 0. The first-order valence-electron chi connectivity index (χ1n) is 5.42. The fraction of sp³-hybridized carbons (Fsp3) is 0.800. The number of aliphatic hydroxyl groups excluding tert-OH is 1. The van der Waals surface area contributed by atoms with Gasteiger partial charge in [-0.2, -0.15) is 5.26 Å². The van der Waals surface area contributed by atoms with Crippen LogP contribution in [0.3, 0.4) is 0 Å². The fourth-order valence-electron chi connectivity index (χ4n) is 1.72. The first-order chi connectivity index (χ1) is 7.63. The molecule has 6 heteroatoms. The number of carbonyl (C=O) groups is 1. The van der Waals surface area contributed by atoms with E-state index >= 15 is 0 Å². The Labute approximate surface area is 94.5 Å². The number of carboxylic acid groups (broad SMARTS) is 1. The molecule has 90 valence electrons. The van der Waals surface area contributed by atoms with Gasteiger partial charge in [-0.25, -0.2) is 0 Å². The highest BCUT2D eigenvalue weighted by Gasteiger charge is 2.27. The Morgan fingerprint density at radius 1 is 1.44 bits per heavy atom. The average Bonchev–Trinajstić information content (AvgIpc) is 2.88. The standard InChI is InChI=1S/C5H8N2.C5H9NO3/c6-5-7-3-1-2-4-7;7-3-1-4(5(8)9)6-2-3/h1-4H2;3-4,6-7H,1-2H2,(H,8,9)/t;3-,4+/m.1/s1. The molecule has 2 aliphatic heterocycles. The predicted octanol–water partition coefficient (Wildman–Crippen LogP) is -0.643. The summed E-state index contributed by atoms with van der Waals surface area (Å²) in [5.74, 6) is -0.883. The smallest absolute Gasteiger partial charge is 0.320 e. The van der Waals surface area contributed by atoms with Crippen molar-refractivity contribution >= 4 is 5.97 Å². The van der Waals surface area contributed by atoms with Crippen molar-refractivity contribution in [2.75, 3.05) is 19.6 Å². The Kier molecular flexibility index (Phi) is 5.02. The van der Waals surface area contributed by atoms with Gasteiger partial charge in [0.2, 0.25) is 0 Å². The zero-order valence-electron chi connectivity index (χ0n) is 9.09. The molecule has 6 nitrogen and oxygen atoms in total. The molecule has 2 aliphatic rings. The number of aliphatic hydroxyl groups is 1. The topological polar surface area (TPSA) is 96.6 Å². The molecule has 2 rings (SSSR count). The number of nitrogens with zero attached hydrogens (tertiary/aromatic N) is 2. The van der Waals surface area contributed by atoms with Gasteiger partial charge in [-0.3, -0.25) is 4.79 Å². The Balaban J connectivity index is 0.000000165. The third-order valence-corrected chi connectivity index (χ3v) is 2.65. The van der Waals surface area contributed by atoms with Crippen LogP contribution in [0.15, 0.2) is 0 Å². The number of β-amino-alcohol motifs (C(OH)–C–C–N with tert-alkyl or cyclic N) is 1. The third kappa shape index (κ3) is 4.04. The van der Waals surface area contributed by atoms with E-state index in [0.29, 0.717) is 13.0 Å². The van der Waals surface area contributed by atoms with E-state index in [4.69, 9.17) is 15.5 Å². The maximum absolute atomic E-state index is 10.2. The van der Waals surface area contributed by atoms with Gasteiger partial charge in [0.05, 0.1) is 6.10 Å². The highest BCUT2D eigenvalue weighted by atomic mass is 16.4. The van der Waals surface area contributed by atoms with E-state index in [1.165, 1.54) is 12.8 Å². The third-order valence-electron chi connectivity index (χ3n) is 2.65. The summed E-state index contributed by atoms with van der Waals surface area (Å²) in [5.41, 5.74) is 0. The van der Waals surface area contributed by atoms with Crippen LogP contribution in [-0.2, 0) is 4.79 Å². The van der Waals surface area contributed by atoms with Gasteiger partial charge in [0, 0.05) is 26.1 Å². The second-order valence-electron chi connectivity index (χ2n) is 3.98. The highest BCUT2D eigenvalue weighted by molar-refractivity contribution is 5.73. The molecular formula is C10H17N3O3. The molecule has 3 N–H and O–H groups in total. The van der Waals surface area contributed by atoms with E-state index in [0.717, 1.165) is 13.1 Å². The molecule has 0 aliphatic carbocycles. The second kappa shape index (κ2) is 6.30. The lowest BCUT2D eigenvalue weighted by Gasteiger charge is -2.00. The summed E-state index contributed by atoms with van der Waals surface area (Å²) in [6.07, 6.45) is 4.35. The van der Waals surface area contributed by atoms with Crippen LogP contribution in [-0.4, -0.2) is 52.9 Å². The molecule has 2 fully saturated rings. The molecule has 0 aromatic carbocycles. The predicted molar refractivity (Wildman–Crippen MR) is 56.5 cm³/mol. The maximum atomic E-state index is 10.2. The number of nitrogens with one attached hydrogen (secondary N) is 1. The zero-order valence-corrected chi connectivity index (χ0v) is 9.09. The van der Waals surface area contributed by atoms with E-state index in [-0.39, 0.29) is 0 Å². The Bertz CT molecular complexity index is 271. The van der Waals surface area contributed by atoms with E-state index < -0.39 is 18.1 Å². The van der Waals surface area contributed by atoms with Gasteiger partial charge in [-0.15, -0.1) is 0 Å². The van der Waals surface area contributed by atoms with Crippen molar-refractivity contribution in [3.05, 3.63) is 0 Å². The molecule has 2 heterocycles. The normalized spacial score (nSPS) is 28.1. The number of hydrogen-bond donors (Lipinski definition) is 3.